The van der Waals surface area contributed by atoms with Crippen molar-refractivity contribution in [1.82, 2.24) is 10.2 Å². The third-order valence-electron chi connectivity index (χ3n) is 3.94. The summed E-state index contributed by atoms with van der Waals surface area (Å²) >= 11 is 5.04. The zero-order valence-electron chi connectivity index (χ0n) is 13.3. The van der Waals surface area contributed by atoms with Gasteiger partial charge in [-0.1, -0.05) is 30.3 Å². The lowest BCUT2D eigenvalue weighted by Crippen LogP contribution is -2.53. The van der Waals surface area contributed by atoms with E-state index >= 15 is 0 Å². The van der Waals surface area contributed by atoms with Crippen LogP contribution < -0.4 is 10.1 Å². The van der Waals surface area contributed by atoms with Gasteiger partial charge in [0.25, 0.3) is 11.8 Å². The van der Waals surface area contributed by atoms with E-state index in [9.17, 15) is 9.59 Å². The molecule has 1 heterocycles. The molecular formula is C18H16N2O3S. The minimum absolute atomic E-state index is 0.0418. The third kappa shape index (κ3) is 2.65. The highest BCUT2D eigenvalue weighted by atomic mass is 32.1. The molecule has 2 aromatic rings. The quantitative estimate of drug-likeness (QED) is 0.530. The SMILES string of the molecule is CCN1C(=O)/C(=C/c2c(OC)ccc3ccccc23)C(=O)NC1=S. The molecule has 24 heavy (non-hydrogen) atoms. The van der Waals surface area contributed by atoms with Crippen LogP contribution in [-0.4, -0.2) is 35.5 Å². The summed E-state index contributed by atoms with van der Waals surface area (Å²) in [6.45, 7) is 2.19. The highest BCUT2D eigenvalue weighted by Gasteiger charge is 2.32. The molecule has 0 radical (unpaired) electrons. The van der Waals surface area contributed by atoms with Crippen LogP contribution in [0.4, 0.5) is 0 Å². The van der Waals surface area contributed by atoms with E-state index in [2.05, 4.69) is 5.32 Å². The number of nitrogens with one attached hydrogen (secondary N) is 1. The lowest BCUT2D eigenvalue weighted by Gasteiger charge is -2.27. The summed E-state index contributed by atoms with van der Waals surface area (Å²) in [5.41, 5.74) is 0.734. The smallest absolute Gasteiger partial charge is 0.265 e. The predicted octanol–water partition coefficient (Wildman–Crippen LogP) is 2.50. The van der Waals surface area contributed by atoms with E-state index in [0.29, 0.717) is 17.9 Å². The number of fused-ring (bicyclic) bond motifs is 1. The Morgan fingerprint density at radius 1 is 1.21 bits per heavy atom. The molecule has 122 valence electrons. The molecule has 2 aromatic carbocycles. The number of benzene rings is 2. The van der Waals surface area contributed by atoms with Gasteiger partial charge < -0.3 is 4.74 Å². The van der Waals surface area contributed by atoms with Gasteiger partial charge in [-0.2, -0.15) is 0 Å². The molecule has 6 heteroatoms. The molecule has 1 saturated heterocycles. The fraction of sp³-hybridized carbons (Fsp3) is 0.167. The van der Waals surface area contributed by atoms with Crippen molar-refractivity contribution in [1.29, 1.82) is 0 Å². The molecular weight excluding hydrogens is 324 g/mol. The van der Waals surface area contributed by atoms with E-state index in [-0.39, 0.29) is 10.7 Å². The Bertz CT molecular complexity index is 889. The average Bonchev–Trinajstić information content (AvgIpc) is 2.58. The first-order valence-corrected chi connectivity index (χ1v) is 7.92. The monoisotopic (exact) mass is 340 g/mol. The Morgan fingerprint density at radius 2 is 1.96 bits per heavy atom. The molecule has 0 atom stereocenters. The van der Waals surface area contributed by atoms with E-state index in [4.69, 9.17) is 17.0 Å². The molecule has 1 fully saturated rings. The molecule has 0 aliphatic carbocycles. The second-order valence-electron chi connectivity index (χ2n) is 5.27. The van der Waals surface area contributed by atoms with Gasteiger partial charge >= 0.3 is 0 Å². The minimum Gasteiger partial charge on any atom is -0.496 e. The van der Waals surface area contributed by atoms with E-state index in [1.54, 1.807) is 20.1 Å². The van der Waals surface area contributed by atoms with Crippen LogP contribution in [0, 0.1) is 0 Å². The van der Waals surface area contributed by atoms with Crippen molar-refractivity contribution in [2.75, 3.05) is 13.7 Å². The Kier molecular flexibility index (Phi) is 4.31. The van der Waals surface area contributed by atoms with E-state index in [0.717, 1.165) is 10.8 Å². The van der Waals surface area contributed by atoms with Crippen LogP contribution >= 0.6 is 12.2 Å². The Hall–Kier alpha value is -2.73. The maximum atomic E-state index is 12.6. The largest absolute Gasteiger partial charge is 0.496 e. The van der Waals surface area contributed by atoms with Crippen molar-refractivity contribution in [2.24, 2.45) is 0 Å². The van der Waals surface area contributed by atoms with Gasteiger partial charge in [0, 0.05) is 12.1 Å². The summed E-state index contributed by atoms with van der Waals surface area (Å²) in [5, 5.41) is 4.59. The zero-order valence-corrected chi connectivity index (χ0v) is 14.1. The lowest BCUT2D eigenvalue weighted by atomic mass is 10.00. The maximum absolute atomic E-state index is 12.6. The number of thiocarbonyl (C=S) groups is 1. The second kappa shape index (κ2) is 6.41. The zero-order chi connectivity index (χ0) is 17.3. The standard InChI is InChI=1S/C18H16N2O3S/c1-3-20-17(22)14(16(21)19-18(20)24)10-13-12-7-5-4-6-11(12)8-9-15(13)23-2/h4-10H,3H2,1-2H3,(H,19,21,24)/b14-10+. The molecule has 0 bridgehead atoms. The summed E-state index contributed by atoms with van der Waals surface area (Å²) in [4.78, 5) is 26.2. The molecule has 0 spiro atoms. The average molecular weight is 340 g/mol. The van der Waals surface area contributed by atoms with Crippen LogP contribution in [0.2, 0.25) is 0 Å². The molecule has 1 N–H and O–H groups in total. The number of amides is 2. The Balaban J connectivity index is 2.20. The maximum Gasteiger partial charge on any atom is 0.265 e. The minimum atomic E-state index is -0.496. The molecule has 3 rings (SSSR count). The molecule has 0 saturated carbocycles. The molecule has 0 unspecified atom stereocenters. The van der Waals surface area contributed by atoms with Crippen LogP contribution in [0.15, 0.2) is 42.0 Å². The van der Waals surface area contributed by atoms with Gasteiger partial charge in [-0.3, -0.25) is 19.8 Å². The molecule has 1 aliphatic rings. The number of hydrogen-bond acceptors (Lipinski definition) is 4. The van der Waals surface area contributed by atoms with Crippen LogP contribution in [-0.2, 0) is 9.59 Å². The number of likely N-dealkylation sites (N-methyl/N-ethyl adjacent to an activating group) is 1. The highest BCUT2D eigenvalue weighted by molar-refractivity contribution is 7.80. The summed E-state index contributed by atoms with van der Waals surface area (Å²) in [6, 6.07) is 11.5. The first-order chi connectivity index (χ1) is 11.6. The van der Waals surface area contributed by atoms with Crippen LogP contribution in [0.25, 0.3) is 16.8 Å². The lowest BCUT2D eigenvalue weighted by molar-refractivity contribution is -0.128. The normalized spacial score (nSPS) is 16.7. The molecule has 0 aromatic heterocycles. The number of methoxy groups -OCH3 is 1. The number of ether oxygens (including phenoxy) is 1. The highest BCUT2D eigenvalue weighted by Crippen LogP contribution is 2.30. The Morgan fingerprint density at radius 3 is 2.67 bits per heavy atom. The van der Waals surface area contributed by atoms with Gasteiger partial charge in [0.1, 0.15) is 11.3 Å². The van der Waals surface area contributed by atoms with Crippen molar-refractivity contribution >= 4 is 46.0 Å². The van der Waals surface area contributed by atoms with Gasteiger partial charge in [0.2, 0.25) is 0 Å². The summed E-state index contributed by atoms with van der Waals surface area (Å²) < 4.78 is 5.41. The number of carbonyl (C=O) groups excluding carboxylic acids is 2. The first kappa shape index (κ1) is 16.1. The van der Waals surface area contributed by atoms with Crippen molar-refractivity contribution in [3.63, 3.8) is 0 Å². The van der Waals surface area contributed by atoms with E-state index < -0.39 is 11.8 Å². The van der Waals surface area contributed by atoms with E-state index in [1.807, 2.05) is 36.4 Å². The summed E-state index contributed by atoms with van der Waals surface area (Å²) in [5.74, 6) is -0.302. The first-order valence-electron chi connectivity index (χ1n) is 7.51. The third-order valence-corrected chi connectivity index (χ3v) is 4.26. The van der Waals surface area contributed by atoms with Crippen molar-refractivity contribution in [2.45, 2.75) is 6.92 Å². The van der Waals surface area contributed by atoms with Crippen molar-refractivity contribution in [3.8, 4) is 5.75 Å². The van der Waals surface area contributed by atoms with Gasteiger partial charge in [-0.15, -0.1) is 0 Å². The second-order valence-corrected chi connectivity index (χ2v) is 5.66. The molecule has 5 nitrogen and oxygen atoms in total. The number of rotatable bonds is 3. The van der Waals surface area contributed by atoms with E-state index in [1.165, 1.54) is 4.90 Å². The van der Waals surface area contributed by atoms with Crippen LogP contribution in [0.5, 0.6) is 5.75 Å². The van der Waals surface area contributed by atoms with Gasteiger partial charge in [0.05, 0.1) is 7.11 Å². The van der Waals surface area contributed by atoms with Crippen molar-refractivity contribution < 1.29 is 14.3 Å². The Labute approximate surface area is 144 Å². The summed E-state index contributed by atoms with van der Waals surface area (Å²) in [7, 11) is 1.56. The molecule has 1 aliphatic heterocycles. The number of nitrogens with zero attached hydrogens (tertiary/aromatic N) is 1. The topological polar surface area (TPSA) is 58.6 Å². The van der Waals surface area contributed by atoms with Crippen LogP contribution in [0.3, 0.4) is 0 Å². The van der Waals surface area contributed by atoms with Gasteiger partial charge in [-0.05, 0) is 42.1 Å². The van der Waals surface area contributed by atoms with Gasteiger partial charge in [-0.25, -0.2) is 0 Å². The number of carbonyl (C=O) groups is 2. The fourth-order valence-electron chi connectivity index (χ4n) is 2.73. The fourth-order valence-corrected chi connectivity index (χ4v) is 3.03. The summed E-state index contributed by atoms with van der Waals surface area (Å²) in [6.07, 6.45) is 1.57. The van der Waals surface area contributed by atoms with Crippen LogP contribution in [0.1, 0.15) is 12.5 Å². The van der Waals surface area contributed by atoms with Crippen molar-refractivity contribution in [3.05, 3.63) is 47.5 Å². The number of hydrogen-bond donors (Lipinski definition) is 1. The van der Waals surface area contributed by atoms with Gasteiger partial charge in [0.15, 0.2) is 5.11 Å². The predicted molar refractivity (Wildman–Crippen MR) is 96.6 cm³/mol. The molecule has 2 amide bonds.